The average Bonchev–Trinajstić information content (AvgIpc) is 2.32. The first-order valence-corrected chi connectivity index (χ1v) is 7.76. The number of quaternary nitrogens is 1. The Hall–Kier alpha value is -0.660. The van der Waals surface area contributed by atoms with E-state index in [0.29, 0.717) is 17.4 Å². The zero-order valence-electron chi connectivity index (χ0n) is 12.7. The Morgan fingerprint density at radius 3 is 2.35 bits per heavy atom. The van der Waals surface area contributed by atoms with Crippen molar-refractivity contribution in [2.75, 3.05) is 48.0 Å². The molecule has 120 valence electrons. The molecule has 0 aliphatic heterocycles. The second kappa shape index (κ2) is 8.59. The molecule has 9 heteroatoms. The summed E-state index contributed by atoms with van der Waals surface area (Å²) in [5.74, 6) is 0. The maximum atomic E-state index is 11.6. The Morgan fingerprint density at radius 1 is 1.30 bits per heavy atom. The minimum atomic E-state index is -4.14. The van der Waals surface area contributed by atoms with E-state index in [1.165, 1.54) is 7.11 Å². The number of rotatable bonds is 9. The number of phosphoric acid groups is 1. The molecule has 0 rings (SSSR count). The fourth-order valence-electron chi connectivity index (χ4n) is 1.06. The highest BCUT2D eigenvalue weighted by molar-refractivity contribution is 7.47. The second-order valence-electron chi connectivity index (χ2n) is 5.21. The van der Waals surface area contributed by atoms with Crippen molar-refractivity contribution in [3.8, 4) is 0 Å². The fourth-order valence-corrected chi connectivity index (χ4v) is 1.81. The summed E-state index contributed by atoms with van der Waals surface area (Å²) in [4.78, 5) is 20.4. The van der Waals surface area contributed by atoms with Gasteiger partial charge >= 0.3 is 14.0 Å². The van der Waals surface area contributed by atoms with E-state index in [2.05, 4.69) is 4.74 Å². The summed E-state index contributed by atoms with van der Waals surface area (Å²) >= 11 is 0. The Morgan fingerprint density at radius 2 is 1.90 bits per heavy atom. The van der Waals surface area contributed by atoms with Crippen molar-refractivity contribution < 1.29 is 37.3 Å². The van der Waals surface area contributed by atoms with E-state index in [1.807, 2.05) is 21.1 Å². The molecule has 0 radical (unpaired) electrons. The minimum absolute atomic E-state index is 0.0892. The molecule has 0 aromatic heterocycles. The maximum absolute atomic E-state index is 11.6. The summed E-state index contributed by atoms with van der Waals surface area (Å²) in [6.45, 7) is 2.16. The molecule has 0 fully saturated rings. The highest BCUT2D eigenvalue weighted by Crippen LogP contribution is 2.43. The zero-order valence-corrected chi connectivity index (χ0v) is 13.6. The van der Waals surface area contributed by atoms with Crippen molar-refractivity contribution in [3.05, 3.63) is 0 Å². The van der Waals surface area contributed by atoms with E-state index in [4.69, 9.17) is 13.8 Å². The van der Waals surface area contributed by atoms with E-state index in [9.17, 15) is 14.3 Å². The first-order valence-electron chi connectivity index (χ1n) is 6.26. The van der Waals surface area contributed by atoms with Crippen LogP contribution in [0.2, 0.25) is 0 Å². The monoisotopic (exact) mass is 314 g/mol. The van der Waals surface area contributed by atoms with Crippen molar-refractivity contribution in [2.45, 2.75) is 19.4 Å². The predicted octanol–water partition coefficient (Wildman–Crippen LogP) is 1.39. The number of carbonyl (C=O) groups excluding carboxylic acids is 1. The Balaban J connectivity index is 4.12. The number of likely N-dealkylation sites (N-methyl/N-ethyl adjacent to an activating group) is 1. The SMILES string of the molecule is CCC(COP(=O)(O)OCC[N+](C)(C)C)OC(=O)OC. The van der Waals surface area contributed by atoms with Crippen LogP contribution in [0.1, 0.15) is 13.3 Å². The van der Waals surface area contributed by atoms with Crippen LogP contribution in [0.15, 0.2) is 0 Å². The van der Waals surface area contributed by atoms with Crippen LogP contribution in [0.3, 0.4) is 0 Å². The van der Waals surface area contributed by atoms with Gasteiger partial charge in [-0.25, -0.2) is 9.36 Å². The number of nitrogens with zero attached hydrogens (tertiary/aromatic N) is 1. The first-order chi connectivity index (χ1) is 9.09. The molecule has 0 aliphatic carbocycles. The van der Waals surface area contributed by atoms with Gasteiger partial charge in [-0.3, -0.25) is 9.05 Å². The van der Waals surface area contributed by atoms with Gasteiger partial charge in [0.1, 0.15) is 19.3 Å². The van der Waals surface area contributed by atoms with Gasteiger partial charge in [0.15, 0.2) is 0 Å². The van der Waals surface area contributed by atoms with Crippen molar-refractivity contribution in [2.24, 2.45) is 0 Å². The number of hydrogen-bond acceptors (Lipinski definition) is 6. The fraction of sp³-hybridized carbons (Fsp3) is 0.909. The van der Waals surface area contributed by atoms with Crippen LogP contribution in [0.4, 0.5) is 4.79 Å². The molecule has 0 aliphatic rings. The molecular weight excluding hydrogens is 289 g/mol. The van der Waals surface area contributed by atoms with Gasteiger partial charge in [0.2, 0.25) is 0 Å². The van der Waals surface area contributed by atoms with E-state index >= 15 is 0 Å². The van der Waals surface area contributed by atoms with E-state index in [-0.39, 0.29) is 13.2 Å². The van der Waals surface area contributed by atoms with Crippen molar-refractivity contribution in [1.29, 1.82) is 0 Å². The van der Waals surface area contributed by atoms with Gasteiger partial charge in [-0.2, -0.15) is 0 Å². The number of carbonyl (C=O) groups is 1. The lowest BCUT2D eigenvalue weighted by molar-refractivity contribution is -0.870. The molecule has 0 aromatic rings. The summed E-state index contributed by atoms with van der Waals surface area (Å²) in [7, 11) is 2.84. The quantitative estimate of drug-likeness (QED) is 0.390. The molecule has 1 N–H and O–H groups in total. The number of ether oxygens (including phenoxy) is 2. The van der Waals surface area contributed by atoms with Crippen LogP contribution in [0.5, 0.6) is 0 Å². The maximum Gasteiger partial charge on any atom is 0.508 e. The lowest BCUT2D eigenvalue weighted by atomic mass is 10.3. The summed E-state index contributed by atoms with van der Waals surface area (Å²) in [5, 5.41) is 0. The second-order valence-corrected chi connectivity index (χ2v) is 6.67. The molecule has 2 atom stereocenters. The van der Waals surface area contributed by atoms with E-state index < -0.39 is 20.1 Å². The highest BCUT2D eigenvalue weighted by atomic mass is 31.2. The van der Waals surface area contributed by atoms with Gasteiger partial charge in [-0.05, 0) is 6.42 Å². The van der Waals surface area contributed by atoms with Gasteiger partial charge in [-0.15, -0.1) is 0 Å². The molecule has 0 bridgehead atoms. The Kier molecular flexibility index (Phi) is 8.30. The molecular formula is C11H25NO7P+. The van der Waals surface area contributed by atoms with Crippen molar-refractivity contribution in [3.63, 3.8) is 0 Å². The smallest absolute Gasteiger partial charge is 0.438 e. The van der Waals surface area contributed by atoms with Gasteiger partial charge < -0.3 is 18.9 Å². The summed E-state index contributed by atoms with van der Waals surface area (Å²) in [5.41, 5.74) is 0. The lowest BCUT2D eigenvalue weighted by Crippen LogP contribution is -2.37. The Bertz CT molecular complexity index is 342. The van der Waals surface area contributed by atoms with Crippen LogP contribution in [-0.2, 0) is 23.1 Å². The molecule has 0 amide bonds. The van der Waals surface area contributed by atoms with Gasteiger partial charge in [0.25, 0.3) is 0 Å². The number of phosphoric ester groups is 1. The van der Waals surface area contributed by atoms with Crippen LogP contribution in [-0.4, -0.2) is 69.6 Å². The first kappa shape index (κ1) is 19.3. The molecule has 2 unspecified atom stereocenters. The van der Waals surface area contributed by atoms with Crippen LogP contribution in [0.25, 0.3) is 0 Å². The molecule has 0 saturated carbocycles. The van der Waals surface area contributed by atoms with E-state index in [1.54, 1.807) is 6.92 Å². The van der Waals surface area contributed by atoms with Gasteiger partial charge in [0, 0.05) is 0 Å². The van der Waals surface area contributed by atoms with Crippen LogP contribution < -0.4 is 0 Å². The third kappa shape index (κ3) is 10.2. The van der Waals surface area contributed by atoms with Crippen molar-refractivity contribution in [1.82, 2.24) is 0 Å². The summed E-state index contributed by atoms with van der Waals surface area (Å²) in [6.07, 6.45) is -1.10. The van der Waals surface area contributed by atoms with Gasteiger partial charge in [0.05, 0.1) is 34.9 Å². The predicted molar refractivity (Wildman–Crippen MR) is 72.2 cm³/mol. The van der Waals surface area contributed by atoms with Crippen LogP contribution in [0, 0.1) is 0 Å². The number of methoxy groups -OCH3 is 1. The zero-order chi connectivity index (χ0) is 15.8. The molecule has 8 nitrogen and oxygen atoms in total. The molecule has 0 spiro atoms. The topological polar surface area (TPSA) is 91.3 Å². The Labute approximate surface area is 119 Å². The summed E-state index contributed by atoms with van der Waals surface area (Å²) < 4.78 is 31.0. The molecule has 0 heterocycles. The largest absolute Gasteiger partial charge is 0.508 e. The average molecular weight is 314 g/mol. The standard InChI is InChI=1S/C11H24NO7P/c1-6-10(19-11(13)16-5)9-18-20(14,15)17-8-7-12(2,3)4/h10H,6-9H2,1-5H3/p+1. The highest BCUT2D eigenvalue weighted by Gasteiger charge is 2.25. The minimum Gasteiger partial charge on any atom is -0.438 e. The molecule has 20 heavy (non-hydrogen) atoms. The van der Waals surface area contributed by atoms with Crippen LogP contribution >= 0.6 is 7.82 Å². The van der Waals surface area contributed by atoms with Crippen molar-refractivity contribution >= 4 is 14.0 Å². The third-order valence-corrected chi connectivity index (χ3v) is 3.31. The van der Waals surface area contributed by atoms with Gasteiger partial charge in [-0.1, -0.05) is 6.92 Å². The molecule has 0 aromatic carbocycles. The lowest BCUT2D eigenvalue weighted by Gasteiger charge is -2.24. The van der Waals surface area contributed by atoms with E-state index in [0.717, 1.165) is 0 Å². The third-order valence-electron chi connectivity index (χ3n) is 2.33. The molecule has 0 saturated heterocycles. The number of hydrogen-bond donors (Lipinski definition) is 1. The normalized spacial score (nSPS) is 16.3. The summed E-state index contributed by atoms with van der Waals surface area (Å²) in [6, 6.07) is 0.